The van der Waals surface area contributed by atoms with Crippen LogP contribution in [0.1, 0.15) is 24.0 Å². The molecule has 5 nitrogen and oxygen atoms in total. The molecule has 0 atom stereocenters. The van der Waals surface area contributed by atoms with E-state index in [1.54, 1.807) is 4.90 Å². The molecule has 1 N–H and O–H groups in total. The van der Waals surface area contributed by atoms with Crippen molar-refractivity contribution in [3.8, 4) is 5.75 Å². The van der Waals surface area contributed by atoms with Gasteiger partial charge in [-0.2, -0.15) is 0 Å². The Labute approximate surface area is 124 Å². The van der Waals surface area contributed by atoms with Gasteiger partial charge in [0.15, 0.2) is 6.61 Å². The first kappa shape index (κ1) is 15.4. The average Bonchev–Trinajstić information content (AvgIpc) is 2.46. The maximum Gasteiger partial charge on any atom is 0.306 e. The van der Waals surface area contributed by atoms with Crippen LogP contribution < -0.4 is 4.74 Å². The number of ether oxygens (including phenoxy) is 1. The van der Waals surface area contributed by atoms with Gasteiger partial charge >= 0.3 is 5.97 Å². The van der Waals surface area contributed by atoms with Crippen LogP contribution >= 0.6 is 0 Å². The molecule has 1 amide bonds. The summed E-state index contributed by atoms with van der Waals surface area (Å²) >= 11 is 0. The van der Waals surface area contributed by atoms with Crippen molar-refractivity contribution < 1.29 is 19.4 Å². The lowest BCUT2D eigenvalue weighted by Gasteiger charge is -2.30. The van der Waals surface area contributed by atoms with Crippen molar-refractivity contribution in [2.75, 3.05) is 19.7 Å². The van der Waals surface area contributed by atoms with Gasteiger partial charge in [-0.15, -0.1) is 0 Å². The van der Waals surface area contributed by atoms with Crippen molar-refractivity contribution in [2.24, 2.45) is 5.92 Å². The van der Waals surface area contributed by atoms with Crippen molar-refractivity contribution in [1.82, 2.24) is 4.90 Å². The fourth-order valence-corrected chi connectivity index (χ4v) is 2.57. The zero-order valence-corrected chi connectivity index (χ0v) is 12.5. The molecule has 0 aromatic heterocycles. The van der Waals surface area contributed by atoms with E-state index in [1.807, 2.05) is 32.0 Å². The lowest BCUT2D eigenvalue weighted by molar-refractivity contribution is -0.146. The van der Waals surface area contributed by atoms with Crippen LogP contribution in [-0.2, 0) is 9.59 Å². The topological polar surface area (TPSA) is 66.8 Å². The van der Waals surface area contributed by atoms with Crippen molar-refractivity contribution >= 4 is 11.9 Å². The van der Waals surface area contributed by atoms with Crippen molar-refractivity contribution in [3.05, 3.63) is 29.3 Å². The molecule has 1 aromatic carbocycles. The van der Waals surface area contributed by atoms with Crippen LogP contribution in [-0.4, -0.2) is 41.6 Å². The quantitative estimate of drug-likeness (QED) is 0.921. The smallest absolute Gasteiger partial charge is 0.306 e. The number of piperidine rings is 1. The van der Waals surface area contributed by atoms with Crippen LogP contribution in [0.25, 0.3) is 0 Å². The Kier molecular flexibility index (Phi) is 4.83. The molecule has 1 aromatic rings. The molecule has 0 bridgehead atoms. The highest BCUT2D eigenvalue weighted by Crippen LogP contribution is 2.20. The normalized spacial score (nSPS) is 15.8. The van der Waals surface area contributed by atoms with Gasteiger partial charge < -0.3 is 14.7 Å². The molecule has 1 fully saturated rings. The van der Waals surface area contributed by atoms with Gasteiger partial charge in [-0.05, 0) is 38.3 Å². The lowest BCUT2D eigenvalue weighted by atomic mass is 9.97. The van der Waals surface area contributed by atoms with E-state index in [0.29, 0.717) is 25.9 Å². The monoisotopic (exact) mass is 291 g/mol. The number of hydrogen-bond donors (Lipinski definition) is 1. The number of hydrogen-bond acceptors (Lipinski definition) is 3. The van der Waals surface area contributed by atoms with E-state index in [2.05, 4.69) is 0 Å². The number of aryl methyl sites for hydroxylation is 2. The molecule has 0 unspecified atom stereocenters. The number of carboxylic acid groups (broad SMARTS) is 1. The third kappa shape index (κ3) is 3.97. The summed E-state index contributed by atoms with van der Waals surface area (Å²) in [6, 6.07) is 5.83. The molecule has 5 heteroatoms. The summed E-state index contributed by atoms with van der Waals surface area (Å²) in [7, 11) is 0. The molecule has 114 valence electrons. The fourth-order valence-electron chi connectivity index (χ4n) is 2.57. The van der Waals surface area contributed by atoms with Gasteiger partial charge in [0.2, 0.25) is 0 Å². The number of rotatable bonds is 4. The van der Waals surface area contributed by atoms with E-state index in [9.17, 15) is 9.59 Å². The lowest BCUT2D eigenvalue weighted by Crippen LogP contribution is -2.42. The number of aliphatic carboxylic acids is 1. The number of carboxylic acids is 1. The van der Waals surface area contributed by atoms with Crippen LogP contribution in [0.3, 0.4) is 0 Å². The molecule has 1 aliphatic heterocycles. The zero-order valence-electron chi connectivity index (χ0n) is 12.5. The minimum absolute atomic E-state index is 0.00163. The summed E-state index contributed by atoms with van der Waals surface area (Å²) in [5.41, 5.74) is 2.16. The van der Waals surface area contributed by atoms with Gasteiger partial charge in [-0.25, -0.2) is 0 Å². The van der Waals surface area contributed by atoms with E-state index in [1.165, 1.54) is 0 Å². The summed E-state index contributed by atoms with van der Waals surface area (Å²) in [4.78, 5) is 24.6. The summed E-state index contributed by atoms with van der Waals surface area (Å²) < 4.78 is 5.57. The largest absolute Gasteiger partial charge is 0.484 e. The van der Waals surface area contributed by atoms with E-state index in [0.717, 1.165) is 16.9 Å². The average molecular weight is 291 g/mol. The highest BCUT2D eigenvalue weighted by molar-refractivity contribution is 5.78. The number of likely N-dealkylation sites (tertiary alicyclic amines) is 1. The molecular weight excluding hydrogens is 270 g/mol. The number of carbonyl (C=O) groups excluding carboxylic acids is 1. The maximum absolute atomic E-state index is 12.1. The number of amides is 1. The molecule has 2 rings (SSSR count). The van der Waals surface area contributed by atoms with E-state index < -0.39 is 5.97 Å². The SMILES string of the molecule is Cc1ccc(OCC(=O)N2CCC(C(=O)O)CC2)c(C)c1. The molecule has 0 radical (unpaired) electrons. The second-order valence-corrected chi connectivity index (χ2v) is 5.55. The van der Waals surface area contributed by atoms with Gasteiger partial charge in [-0.1, -0.05) is 17.7 Å². The molecule has 1 aliphatic rings. The summed E-state index contributed by atoms with van der Waals surface area (Å²) in [6.07, 6.45) is 1.04. The van der Waals surface area contributed by atoms with Gasteiger partial charge in [0.05, 0.1) is 5.92 Å². The first-order valence-corrected chi connectivity index (χ1v) is 7.18. The number of carbonyl (C=O) groups is 2. The molecular formula is C16H21NO4. The summed E-state index contributed by atoms with van der Waals surface area (Å²) in [5.74, 6) is -0.462. The molecule has 0 saturated carbocycles. The summed E-state index contributed by atoms with van der Waals surface area (Å²) in [6.45, 7) is 4.94. The number of benzene rings is 1. The zero-order chi connectivity index (χ0) is 15.4. The third-order valence-electron chi connectivity index (χ3n) is 3.88. The number of nitrogens with zero attached hydrogens (tertiary/aromatic N) is 1. The Morgan fingerprint density at radius 1 is 1.29 bits per heavy atom. The Morgan fingerprint density at radius 3 is 2.52 bits per heavy atom. The van der Waals surface area contributed by atoms with Crippen LogP contribution in [0.5, 0.6) is 5.75 Å². The van der Waals surface area contributed by atoms with Gasteiger partial charge in [0, 0.05) is 13.1 Å². The van der Waals surface area contributed by atoms with E-state index >= 15 is 0 Å². The third-order valence-corrected chi connectivity index (χ3v) is 3.88. The van der Waals surface area contributed by atoms with Gasteiger partial charge in [0.1, 0.15) is 5.75 Å². The fraction of sp³-hybridized carbons (Fsp3) is 0.500. The Balaban J connectivity index is 1.84. The minimum Gasteiger partial charge on any atom is -0.484 e. The molecule has 1 saturated heterocycles. The van der Waals surface area contributed by atoms with Gasteiger partial charge in [-0.3, -0.25) is 9.59 Å². The standard InChI is InChI=1S/C16H21NO4/c1-11-3-4-14(12(2)9-11)21-10-15(18)17-7-5-13(6-8-17)16(19)20/h3-4,9,13H,5-8,10H2,1-2H3,(H,19,20). The van der Waals surface area contributed by atoms with Crippen LogP contribution in [0.4, 0.5) is 0 Å². The molecule has 21 heavy (non-hydrogen) atoms. The second kappa shape index (κ2) is 6.61. The second-order valence-electron chi connectivity index (χ2n) is 5.55. The molecule has 1 heterocycles. The van der Waals surface area contributed by atoms with Crippen molar-refractivity contribution in [1.29, 1.82) is 0 Å². The van der Waals surface area contributed by atoms with Crippen molar-refractivity contribution in [3.63, 3.8) is 0 Å². The van der Waals surface area contributed by atoms with Crippen LogP contribution in [0, 0.1) is 19.8 Å². The predicted molar refractivity (Wildman–Crippen MR) is 78.4 cm³/mol. The Bertz CT molecular complexity index is 533. The minimum atomic E-state index is -0.770. The van der Waals surface area contributed by atoms with Crippen molar-refractivity contribution in [2.45, 2.75) is 26.7 Å². The van der Waals surface area contributed by atoms with Crippen LogP contribution in [0.2, 0.25) is 0 Å². The molecule has 0 spiro atoms. The highest BCUT2D eigenvalue weighted by atomic mass is 16.5. The van der Waals surface area contributed by atoms with Crippen LogP contribution in [0.15, 0.2) is 18.2 Å². The van der Waals surface area contributed by atoms with Gasteiger partial charge in [0.25, 0.3) is 5.91 Å². The Morgan fingerprint density at radius 2 is 1.95 bits per heavy atom. The van der Waals surface area contributed by atoms with E-state index in [4.69, 9.17) is 9.84 Å². The van der Waals surface area contributed by atoms with E-state index in [-0.39, 0.29) is 18.4 Å². The molecule has 0 aliphatic carbocycles. The first-order valence-electron chi connectivity index (χ1n) is 7.18. The first-order chi connectivity index (χ1) is 9.97. The summed E-state index contributed by atoms with van der Waals surface area (Å²) in [5, 5.41) is 8.94. The predicted octanol–water partition coefficient (Wildman–Crippen LogP) is 2.01. The highest BCUT2D eigenvalue weighted by Gasteiger charge is 2.27. The maximum atomic E-state index is 12.1. The Hall–Kier alpha value is -2.04.